The highest BCUT2D eigenvalue weighted by Crippen LogP contribution is 2.10. The van der Waals surface area contributed by atoms with Crippen LogP contribution in [-0.4, -0.2) is 67.3 Å². The van der Waals surface area contributed by atoms with Crippen molar-refractivity contribution in [3.05, 3.63) is 0 Å². The molecule has 0 amide bonds. The molecule has 0 aromatic rings. The summed E-state index contributed by atoms with van der Waals surface area (Å²) in [6.45, 7) is 8.76. The van der Waals surface area contributed by atoms with E-state index in [1.54, 1.807) is 0 Å². The molecule has 0 aromatic heterocycles. The van der Waals surface area contributed by atoms with Crippen LogP contribution in [0.3, 0.4) is 0 Å². The molecule has 1 atom stereocenters. The third-order valence-electron chi connectivity index (χ3n) is 3.16. The smallest absolute Gasteiger partial charge is 0.0741 e. The lowest BCUT2D eigenvalue weighted by Crippen LogP contribution is -2.35. The van der Waals surface area contributed by atoms with Gasteiger partial charge in [0, 0.05) is 6.54 Å². The van der Waals surface area contributed by atoms with E-state index in [1.807, 2.05) is 6.92 Å². The number of rotatable bonds is 10. The molecule has 0 aliphatic heterocycles. The lowest BCUT2D eigenvalue weighted by Gasteiger charge is -2.25. The van der Waals surface area contributed by atoms with E-state index in [0.29, 0.717) is 6.54 Å². The largest absolute Gasteiger partial charge is 0.389 e. The molecule has 0 saturated heterocycles. The number of nitrogens with two attached hydrogens (primary N) is 1. The van der Waals surface area contributed by atoms with Gasteiger partial charge in [-0.25, -0.2) is 0 Å². The predicted molar refractivity (Wildman–Crippen MR) is 74.2 cm³/mol. The Morgan fingerprint density at radius 2 is 1.71 bits per heavy atom. The van der Waals surface area contributed by atoms with Crippen molar-refractivity contribution < 1.29 is 5.11 Å². The lowest BCUT2D eigenvalue weighted by atomic mass is 10.0. The van der Waals surface area contributed by atoms with Gasteiger partial charge in [0.2, 0.25) is 0 Å². The predicted octanol–water partition coefficient (Wildman–Crippen LogP) is 0.750. The van der Waals surface area contributed by atoms with E-state index in [4.69, 9.17) is 5.73 Å². The fraction of sp³-hybridized carbons (Fsp3) is 1.00. The number of hydrogen-bond donors (Lipinski definition) is 2. The van der Waals surface area contributed by atoms with Crippen LogP contribution in [0.1, 0.15) is 33.1 Å². The van der Waals surface area contributed by atoms with Crippen molar-refractivity contribution >= 4 is 0 Å². The van der Waals surface area contributed by atoms with E-state index in [9.17, 15) is 5.11 Å². The van der Waals surface area contributed by atoms with Gasteiger partial charge in [-0.3, -0.25) is 0 Å². The van der Waals surface area contributed by atoms with Crippen molar-refractivity contribution in [1.82, 2.24) is 9.80 Å². The maximum absolute atomic E-state index is 9.81. The van der Waals surface area contributed by atoms with Crippen molar-refractivity contribution in [1.29, 1.82) is 0 Å². The van der Waals surface area contributed by atoms with E-state index in [-0.39, 0.29) is 0 Å². The summed E-state index contributed by atoms with van der Waals surface area (Å²) in [6.07, 6.45) is 3.00. The molecular weight excluding hydrogens is 214 g/mol. The van der Waals surface area contributed by atoms with Crippen LogP contribution in [0.25, 0.3) is 0 Å². The average Bonchev–Trinajstić information content (AvgIpc) is 2.26. The van der Waals surface area contributed by atoms with Crippen LogP contribution in [0.5, 0.6) is 0 Å². The Balaban J connectivity index is 3.68. The van der Waals surface area contributed by atoms with E-state index < -0.39 is 5.60 Å². The molecule has 0 radical (unpaired) electrons. The zero-order chi connectivity index (χ0) is 13.3. The molecule has 0 rings (SSSR count). The van der Waals surface area contributed by atoms with Crippen LogP contribution in [0.15, 0.2) is 0 Å². The number of nitrogens with zero attached hydrogens (tertiary/aromatic N) is 2. The highest BCUT2D eigenvalue weighted by Gasteiger charge is 2.17. The van der Waals surface area contributed by atoms with Crippen LogP contribution in [0, 0.1) is 0 Å². The van der Waals surface area contributed by atoms with Gasteiger partial charge in [0.15, 0.2) is 0 Å². The number of aliphatic hydroxyl groups is 1. The Kier molecular flexibility index (Phi) is 8.78. The molecule has 0 aliphatic carbocycles. The maximum Gasteiger partial charge on any atom is 0.0741 e. The Bertz CT molecular complexity index is 184. The zero-order valence-corrected chi connectivity index (χ0v) is 12.1. The molecule has 0 spiro atoms. The van der Waals surface area contributed by atoms with Gasteiger partial charge in [-0.1, -0.05) is 6.92 Å². The minimum Gasteiger partial charge on any atom is -0.389 e. The summed E-state index contributed by atoms with van der Waals surface area (Å²) in [5, 5.41) is 9.81. The summed E-state index contributed by atoms with van der Waals surface area (Å²) < 4.78 is 0. The molecule has 0 aliphatic rings. The van der Waals surface area contributed by atoms with Crippen LogP contribution < -0.4 is 5.73 Å². The topological polar surface area (TPSA) is 52.7 Å². The Morgan fingerprint density at radius 1 is 1.12 bits per heavy atom. The summed E-state index contributed by atoms with van der Waals surface area (Å²) in [4.78, 5) is 4.66. The summed E-state index contributed by atoms with van der Waals surface area (Å²) in [5.74, 6) is 0. The van der Waals surface area contributed by atoms with Crippen molar-refractivity contribution in [2.75, 3.05) is 46.8 Å². The standard InChI is InChI=1S/C13H31N3O/c1-5-16(11-7-9-15(3)4)10-6-8-13(2,17)12-14/h17H,5-12,14H2,1-4H3. The number of hydrogen-bond acceptors (Lipinski definition) is 4. The van der Waals surface area contributed by atoms with E-state index in [1.165, 1.54) is 6.42 Å². The third-order valence-corrected chi connectivity index (χ3v) is 3.16. The third kappa shape index (κ3) is 9.53. The molecule has 3 N–H and O–H groups in total. The second-order valence-electron chi connectivity index (χ2n) is 5.40. The van der Waals surface area contributed by atoms with Crippen molar-refractivity contribution in [3.63, 3.8) is 0 Å². The van der Waals surface area contributed by atoms with Gasteiger partial charge in [0.25, 0.3) is 0 Å². The van der Waals surface area contributed by atoms with E-state index in [2.05, 4.69) is 30.8 Å². The first-order valence-electron chi connectivity index (χ1n) is 6.71. The van der Waals surface area contributed by atoms with Crippen molar-refractivity contribution in [3.8, 4) is 0 Å². The molecule has 4 nitrogen and oxygen atoms in total. The maximum atomic E-state index is 9.81. The molecular formula is C13H31N3O. The van der Waals surface area contributed by atoms with Gasteiger partial charge in [-0.05, 0) is 66.5 Å². The van der Waals surface area contributed by atoms with Crippen LogP contribution in [0.2, 0.25) is 0 Å². The second-order valence-corrected chi connectivity index (χ2v) is 5.40. The van der Waals surface area contributed by atoms with Gasteiger partial charge in [-0.2, -0.15) is 0 Å². The van der Waals surface area contributed by atoms with Crippen LogP contribution in [0.4, 0.5) is 0 Å². The summed E-state index contributed by atoms with van der Waals surface area (Å²) in [7, 11) is 4.21. The fourth-order valence-corrected chi connectivity index (χ4v) is 1.82. The van der Waals surface area contributed by atoms with Crippen LogP contribution >= 0.6 is 0 Å². The molecule has 4 heteroatoms. The van der Waals surface area contributed by atoms with E-state index >= 15 is 0 Å². The monoisotopic (exact) mass is 245 g/mol. The second kappa shape index (κ2) is 8.86. The van der Waals surface area contributed by atoms with Crippen molar-refractivity contribution in [2.45, 2.75) is 38.7 Å². The highest BCUT2D eigenvalue weighted by molar-refractivity contribution is 4.73. The fourth-order valence-electron chi connectivity index (χ4n) is 1.82. The minimum absolute atomic E-state index is 0.347. The van der Waals surface area contributed by atoms with Crippen LogP contribution in [-0.2, 0) is 0 Å². The molecule has 1 unspecified atom stereocenters. The quantitative estimate of drug-likeness (QED) is 0.596. The van der Waals surface area contributed by atoms with Gasteiger partial charge in [0.1, 0.15) is 0 Å². The molecule has 0 heterocycles. The molecule has 0 fully saturated rings. The normalized spacial score (nSPS) is 15.5. The minimum atomic E-state index is -0.691. The molecule has 104 valence electrons. The van der Waals surface area contributed by atoms with Crippen molar-refractivity contribution in [2.24, 2.45) is 5.73 Å². The Labute approximate surface area is 107 Å². The van der Waals surface area contributed by atoms with Gasteiger partial charge < -0.3 is 20.6 Å². The summed E-state index contributed by atoms with van der Waals surface area (Å²) >= 11 is 0. The van der Waals surface area contributed by atoms with Gasteiger partial charge >= 0.3 is 0 Å². The Morgan fingerprint density at radius 3 is 2.18 bits per heavy atom. The highest BCUT2D eigenvalue weighted by atomic mass is 16.3. The van der Waals surface area contributed by atoms with Gasteiger partial charge in [0.05, 0.1) is 5.60 Å². The lowest BCUT2D eigenvalue weighted by molar-refractivity contribution is 0.0544. The van der Waals surface area contributed by atoms with Gasteiger partial charge in [-0.15, -0.1) is 0 Å². The zero-order valence-electron chi connectivity index (χ0n) is 12.1. The average molecular weight is 245 g/mol. The first kappa shape index (κ1) is 16.8. The first-order valence-corrected chi connectivity index (χ1v) is 6.71. The SMILES string of the molecule is CCN(CCCN(C)C)CCCC(C)(O)CN. The molecule has 0 aromatic carbocycles. The summed E-state index contributed by atoms with van der Waals surface area (Å²) in [5.41, 5.74) is 4.81. The first-order chi connectivity index (χ1) is 7.91. The molecule has 0 saturated carbocycles. The molecule has 0 bridgehead atoms. The Hall–Kier alpha value is -0.160. The molecule has 17 heavy (non-hydrogen) atoms. The summed E-state index contributed by atoms with van der Waals surface area (Å²) in [6, 6.07) is 0. The van der Waals surface area contributed by atoms with E-state index in [0.717, 1.165) is 39.0 Å².